The molecule has 5 heteroatoms. The van der Waals surface area contributed by atoms with Crippen LogP contribution in [0.4, 0.5) is 4.39 Å². The first-order valence-corrected chi connectivity index (χ1v) is 7.64. The van der Waals surface area contributed by atoms with Crippen molar-refractivity contribution in [3.05, 3.63) is 66.4 Å². The van der Waals surface area contributed by atoms with Crippen molar-refractivity contribution in [1.29, 1.82) is 0 Å². The normalized spacial score (nSPS) is 10.5. The van der Waals surface area contributed by atoms with Crippen LogP contribution in [0.15, 0.2) is 40.9 Å². The zero-order valence-electron chi connectivity index (χ0n) is 9.59. The minimum Gasteiger partial charge on any atom is -0.294 e. The van der Waals surface area contributed by atoms with Crippen LogP contribution in [0.2, 0.25) is 5.02 Å². The molecule has 0 amide bonds. The van der Waals surface area contributed by atoms with E-state index in [1.165, 1.54) is 12.1 Å². The maximum atomic E-state index is 13.2. The smallest absolute Gasteiger partial charge is 0.167 e. The van der Waals surface area contributed by atoms with Crippen LogP contribution in [-0.2, 0) is 6.42 Å². The molecule has 1 nitrogen and oxygen atoms in total. The lowest BCUT2D eigenvalue weighted by molar-refractivity contribution is 0.0993. The molecule has 2 aromatic rings. The van der Waals surface area contributed by atoms with E-state index in [4.69, 9.17) is 11.6 Å². The third kappa shape index (κ3) is 4.00. The van der Waals surface area contributed by atoms with Crippen molar-refractivity contribution in [3.63, 3.8) is 0 Å². The summed E-state index contributed by atoms with van der Waals surface area (Å²) in [6.45, 7) is 0. The van der Waals surface area contributed by atoms with E-state index in [1.54, 1.807) is 24.3 Å². The maximum absolute atomic E-state index is 13.2. The Morgan fingerprint density at radius 2 is 2.00 bits per heavy atom. The van der Waals surface area contributed by atoms with Gasteiger partial charge in [-0.05, 0) is 58.5 Å². The lowest BCUT2D eigenvalue weighted by Crippen LogP contribution is -2.04. The zero-order valence-corrected chi connectivity index (χ0v) is 14.1. The predicted octanol–water partition coefficient (Wildman–Crippen LogP) is 5.27. The summed E-state index contributed by atoms with van der Waals surface area (Å²) in [5, 5.41) is 0.548. The van der Waals surface area contributed by atoms with E-state index in [1.807, 2.05) is 0 Å². The van der Waals surface area contributed by atoms with Gasteiger partial charge in [0, 0.05) is 20.0 Å². The van der Waals surface area contributed by atoms with Crippen molar-refractivity contribution >= 4 is 55.9 Å². The van der Waals surface area contributed by atoms with E-state index in [9.17, 15) is 9.18 Å². The second-order valence-electron chi connectivity index (χ2n) is 4.01. The summed E-state index contributed by atoms with van der Waals surface area (Å²) < 4.78 is 14.7. The van der Waals surface area contributed by atoms with Gasteiger partial charge in [0.25, 0.3) is 0 Å². The molecule has 0 fully saturated rings. The number of hydrogen-bond donors (Lipinski definition) is 0. The number of hydrogen-bond acceptors (Lipinski definition) is 1. The molecule has 98 valence electrons. The van der Waals surface area contributed by atoms with Crippen LogP contribution >= 0.6 is 50.1 Å². The highest BCUT2D eigenvalue weighted by Crippen LogP contribution is 2.21. The average molecular weight is 453 g/mol. The predicted molar refractivity (Wildman–Crippen MR) is 86.3 cm³/mol. The average Bonchev–Trinajstić information content (AvgIpc) is 2.31. The highest BCUT2D eigenvalue weighted by atomic mass is 127. The lowest BCUT2D eigenvalue weighted by Gasteiger charge is -2.04. The van der Waals surface area contributed by atoms with Crippen molar-refractivity contribution < 1.29 is 9.18 Å². The molecule has 0 radical (unpaired) electrons. The number of carbonyl (C=O) groups is 1. The van der Waals surface area contributed by atoms with E-state index in [2.05, 4.69) is 38.5 Å². The van der Waals surface area contributed by atoms with Gasteiger partial charge in [-0.3, -0.25) is 4.79 Å². The third-order valence-electron chi connectivity index (χ3n) is 2.53. The highest BCUT2D eigenvalue weighted by Gasteiger charge is 2.10. The van der Waals surface area contributed by atoms with Crippen molar-refractivity contribution in [2.24, 2.45) is 0 Å². The molecule has 0 aliphatic heterocycles. The molecular weight excluding hydrogens is 445 g/mol. The van der Waals surface area contributed by atoms with Gasteiger partial charge in [-0.15, -0.1) is 0 Å². The number of benzene rings is 2. The van der Waals surface area contributed by atoms with Crippen molar-refractivity contribution in [2.45, 2.75) is 6.42 Å². The Balaban J connectivity index is 2.22. The Morgan fingerprint density at radius 1 is 1.26 bits per heavy atom. The highest BCUT2D eigenvalue weighted by molar-refractivity contribution is 14.1. The third-order valence-corrected chi connectivity index (χ3v) is 4.56. The van der Waals surface area contributed by atoms with Gasteiger partial charge in [0.2, 0.25) is 0 Å². The van der Waals surface area contributed by atoms with E-state index in [0.717, 1.165) is 3.57 Å². The standard InChI is InChI=1S/C14H8BrClFIO/c15-10-3-8(4-11(17)7-10)5-14(19)9-1-2-13(18)12(16)6-9/h1-4,6-7H,5H2. The molecule has 0 saturated heterocycles. The Bertz CT molecular complexity index is 625. The van der Waals surface area contributed by atoms with Gasteiger partial charge < -0.3 is 0 Å². The van der Waals surface area contributed by atoms with Crippen LogP contribution in [-0.4, -0.2) is 5.78 Å². The fourth-order valence-electron chi connectivity index (χ4n) is 1.67. The van der Waals surface area contributed by atoms with Gasteiger partial charge >= 0.3 is 0 Å². The number of ketones is 1. The Labute approximate surface area is 137 Å². The number of Topliss-reactive ketones (excluding diaryl/α,β-unsaturated/α-hetero) is 1. The summed E-state index contributed by atoms with van der Waals surface area (Å²) in [5.74, 6) is -0.450. The molecule has 0 N–H and O–H groups in total. The summed E-state index contributed by atoms with van der Waals surface area (Å²) in [5.41, 5.74) is 1.16. The van der Waals surface area contributed by atoms with E-state index in [0.29, 0.717) is 20.6 Å². The van der Waals surface area contributed by atoms with Gasteiger partial charge in [0.15, 0.2) is 5.78 Å². The first-order valence-electron chi connectivity index (χ1n) is 5.39. The molecule has 2 rings (SSSR count). The quantitative estimate of drug-likeness (QED) is 0.457. The van der Waals surface area contributed by atoms with Gasteiger partial charge in [0.1, 0.15) is 5.82 Å². The number of carbonyl (C=O) groups excluding carboxylic acids is 1. The fourth-order valence-corrected chi connectivity index (χ4v) is 2.70. The van der Waals surface area contributed by atoms with Crippen LogP contribution in [0.25, 0.3) is 0 Å². The minimum absolute atomic E-state index is 0.0872. The van der Waals surface area contributed by atoms with Crippen LogP contribution in [0.3, 0.4) is 0 Å². The molecule has 0 spiro atoms. The van der Waals surface area contributed by atoms with Gasteiger partial charge in [0.05, 0.1) is 5.02 Å². The molecule has 0 bridgehead atoms. The van der Waals surface area contributed by atoms with Crippen LogP contribution in [0.1, 0.15) is 15.9 Å². The van der Waals surface area contributed by atoms with Crippen molar-refractivity contribution in [2.75, 3.05) is 0 Å². The monoisotopic (exact) mass is 452 g/mol. The number of rotatable bonds is 3. The molecule has 2 aromatic carbocycles. The molecular formula is C14H8BrClFIO. The Kier molecular flexibility index (Phi) is 4.97. The molecule has 0 unspecified atom stereocenters. The largest absolute Gasteiger partial charge is 0.294 e. The van der Waals surface area contributed by atoms with Crippen molar-refractivity contribution in [3.8, 4) is 0 Å². The fraction of sp³-hybridized carbons (Fsp3) is 0.0714. The minimum atomic E-state index is -0.363. The molecule has 0 heterocycles. The molecule has 0 saturated carbocycles. The topological polar surface area (TPSA) is 17.1 Å². The van der Waals surface area contributed by atoms with E-state index >= 15 is 0 Å². The summed E-state index contributed by atoms with van der Waals surface area (Å²) in [6.07, 6.45) is 0.146. The van der Waals surface area contributed by atoms with E-state index < -0.39 is 0 Å². The maximum Gasteiger partial charge on any atom is 0.167 e. The van der Waals surface area contributed by atoms with E-state index in [-0.39, 0.29) is 18.0 Å². The van der Waals surface area contributed by atoms with Gasteiger partial charge in [-0.2, -0.15) is 0 Å². The molecule has 19 heavy (non-hydrogen) atoms. The van der Waals surface area contributed by atoms with Gasteiger partial charge in [-0.1, -0.05) is 33.6 Å². The molecule has 0 aromatic heterocycles. The van der Waals surface area contributed by atoms with Crippen LogP contribution < -0.4 is 0 Å². The first kappa shape index (κ1) is 14.9. The van der Waals surface area contributed by atoms with Crippen LogP contribution in [0.5, 0.6) is 0 Å². The SMILES string of the molecule is O=C(Cc1cc(F)cc(Br)c1)c1ccc(I)c(Cl)c1. The summed E-state index contributed by atoms with van der Waals surface area (Å²) >= 11 is 11.3. The molecule has 0 atom stereocenters. The van der Waals surface area contributed by atoms with Crippen LogP contribution in [0, 0.1) is 9.39 Å². The Hall–Kier alpha value is -0.460. The summed E-state index contributed by atoms with van der Waals surface area (Å²) in [4.78, 5) is 12.1. The first-order chi connectivity index (χ1) is 8.95. The lowest BCUT2D eigenvalue weighted by atomic mass is 10.0. The second-order valence-corrected chi connectivity index (χ2v) is 6.49. The summed E-state index contributed by atoms with van der Waals surface area (Å²) in [7, 11) is 0. The van der Waals surface area contributed by atoms with Crippen molar-refractivity contribution in [1.82, 2.24) is 0 Å². The van der Waals surface area contributed by atoms with Gasteiger partial charge in [-0.25, -0.2) is 4.39 Å². The summed E-state index contributed by atoms with van der Waals surface area (Å²) in [6, 6.07) is 9.60. The molecule has 0 aliphatic rings. The zero-order chi connectivity index (χ0) is 14.0. The number of halogens is 4. The second kappa shape index (κ2) is 6.33. The Morgan fingerprint density at radius 3 is 2.63 bits per heavy atom. The molecule has 0 aliphatic carbocycles.